The van der Waals surface area contributed by atoms with Crippen LogP contribution in [0.4, 0.5) is 0 Å². The maximum atomic E-state index is 10.7. The quantitative estimate of drug-likeness (QED) is 0.457. The van der Waals surface area contributed by atoms with Crippen LogP contribution in [-0.2, 0) is 9.59 Å². The lowest BCUT2D eigenvalue weighted by Gasteiger charge is -2.04. The van der Waals surface area contributed by atoms with Gasteiger partial charge in [0.15, 0.2) is 0 Å². The lowest BCUT2D eigenvalue weighted by molar-refractivity contribution is -0.126. The van der Waals surface area contributed by atoms with Crippen LogP contribution in [0.5, 0.6) is 0 Å². The van der Waals surface area contributed by atoms with E-state index in [-0.39, 0.29) is 24.3 Å². The Kier molecular flexibility index (Phi) is 1.72. The van der Waals surface area contributed by atoms with E-state index >= 15 is 0 Å². The number of hydrogen-bond donors (Lipinski definition) is 2. The van der Waals surface area contributed by atoms with E-state index in [2.05, 4.69) is 5.32 Å². The van der Waals surface area contributed by atoms with Gasteiger partial charge < -0.3 is 5.11 Å². The van der Waals surface area contributed by atoms with Crippen molar-refractivity contribution in [2.24, 2.45) is 11.8 Å². The maximum absolute atomic E-state index is 10.7. The molecule has 4 nitrogen and oxygen atoms in total. The normalized spacial score (nSPS) is 32.6. The summed E-state index contributed by atoms with van der Waals surface area (Å²) in [5.74, 6) is -1.56. The topological polar surface area (TPSA) is 66.4 Å². The minimum atomic E-state index is -0.535. The second-order valence-corrected chi connectivity index (χ2v) is 2.43. The Labute approximate surface area is 58.2 Å². The highest BCUT2D eigenvalue weighted by atomic mass is 16.3. The van der Waals surface area contributed by atoms with Gasteiger partial charge in [0.05, 0.1) is 12.5 Å². The Balaban J connectivity index is 2.73. The van der Waals surface area contributed by atoms with Gasteiger partial charge >= 0.3 is 0 Å². The van der Waals surface area contributed by atoms with Crippen molar-refractivity contribution in [2.45, 2.75) is 6.92 Å². The van der Waals surface area contributed by atoms with E-state index in [0.717, 1.165) is 0 Å². The van der Waals surface area contributed by atoms with Gasteiger partial charge in [-0.15, -0.1) is 0 Å². The van der Waals surface area contributed by atoms with E-state index in [4.69, 9.17) is 5.11 Å². The highest BCUT2D eigenvalue weighted by molar-refractivity contribution is 6.04. The summed E-state index contributed by atoms with van der Waals surface area (Å²) in [6.45, 7) is 1.37. The molecule has 0 aromatic heterocycles. The predicted molar refractivity (Wildman–Crippen MR) is 32.9 cm³/mol. The monoisotopic (exact) mass is 143 g/mol. The van der Waals surface area contributed by atoms with E-state index in [1.165, 1.54) is 0 Å². The molecule has 1 rings (SSSR count). The fourth-order valence-electron chi connectivity index (χ4n) is 0.979. The largest absolute Gasteiger partial charge is 0.396 e. The molecule has 1 aliphatic heterocycles. The molecule has 0 aliphatic carbocycles. The molecular formula is C6H9NO3. The number of carbonyl (C=O) groups excluding carboxylic acids is 2. The van der Waals surface area contributed by atoms with Crippen LogP contribution in [0.25, 0.3) is 0 Å². The second kappa shape index (κ2) is 2.38. The molecule has 4 heteroatoms. The molecule has 2 unspecified atom stereocenters. The first kappa shape index (κ1) is 7.21. The number of amides is 2. The van der Waals surface area contributed by atoms with Crippen LogP contribution < -0.4 is 5.32 Å². The smallest absolute Gasteiger partial charge is 0.232 e. The molecule has 0 saturated carbocycles. The Hall–Kier alpha value is -0.900. The van der Waals surface area contributed by atoms with E-state index < -0.39 is 5.92 Å². The van der Waals surface area contributed by atoms with Crippen molar-refractivity contribution in [3.05, 3.63) is 0 Å². The van der Waals surface area contributed by atoms with Crippen molar-refractivity contribution in [1.82, 2.24) is 5.32 Å². The third kappa shape index (κ3) is 0.903. The fraction of sp³-hybridized carbons (Fsp3) is 0.667. The van der Waals surface area contributed by atoms with Crippen molar-refractivity contribution in [3.8, 4) is 0 Å². The Morgan fingerprint density at radius 3 is 2.30 bits per heavy atom. The zero-order chi connectivity index (χ0) is 7.72. The van der Waals surface area contributed by atoms with Crippen molar-refractivity contribution in [3.63, 3.8) is 0 Å². The molecule has 0 aromatic rings. The number of hydrogen-bond acceptors (Lipinski definition) is 3. The van der Waals surface area contributed by atoms with Crippen molar-refractivity contribution < 1.29 is 14.7 Å². The molecular weight excluding hydrogens is 134 g/mol. The van der Waals surface area contributed by atoms with Gasteiger partial charge in [0, 0.05) is 5.92 Å². The molecule has 56 valence electrons. The second-order valence-electron chi connectivity index (χ2n) is 2.43. The first-order valence-electron chi connectivity index (χ1n) is 3.12. The van der Waals surface area contributed by atoms with Crippen LogP contribution in [-0.4, -0.2) is 23.5 Å². The molecule has 1 saturated heterocycles. The van der Waals surface area contributed by atoms with Gasteiger partial charge in [-0.1, -0.05) is 6.92 Å². The summed E-state index contributed by atoms with van der Waals surface area (Å²) in [4.78, 5) is 21.4. The molecule has 0 bridgehead atoms. The molecule has 2 amide bonds. The minimum absolute atomic E-state index is 0.251. The summed E-state index contributed by atoms with van der Waals surface area (Å²) in [7, 11) is 0. The lowest BCUT2D eigenvalue weighted by atomic mass is 9.98. The molecule has 10 heavy (non-hydrogen) atoms. The molecule has 1 fully saturated rings. The van der Waals surface area contributed by atoms with E-state index in [1.807, 2.05) is 0 Å². The van der Waals surface area contributed by atoms with Crippen molar-refractivity contribution in [1.29, 1.82) is 0 Å². The van der Waals surface area contributed by atoms with Crippen LogP contribution >= 0.6 is 0 Å². The highest BCUT2D eigenvalue weighted by Gasteiger charge is 2.37. The first-order valence-corrected chi connectivity index (χ1v) is 3.12. The summed E-state index contributed by atoms with van der Waals surface area (Å²) in [6, 6.07) is 0. The zero-order valence-corrected chi connectivity index (χ0v) is 5.63. The van der Waals surface area contributed by atoms with Crippen molar-refractivity contribution >= 4 is 11.8 Å². The number of imide groups is 1. The lowest BCUT2D eigenvalue weighted by Crippen LogP contribution is -2.23. The highest BCUT2D eigenvalue weighted by Crippen LogP contribution is 2.16. The van der Waals surface area contributed by atoms with E-state index in [9.17, 15) is 9.59 Å². The molecule has 2 N–H and O–H groups in total. The van der Waals surface area contributed by atoms with Gasteiger partial charge in [-0.2, -0.15) is 0 Å². The standard InChI is InChI=1S/C6H9NO3/c1-3-4(2-8)6(10)7-5(3)9/h3-4,8H,2H2,1H3,(H,7,9,10). The Bertz CT molecular complexity index is 178. The third-order valence-electron chi connectivity index (χ3n) is 1.80. The van der Waals surface area contributed by atoms with Crippen LogP contribution in [0.1, 0.15) is 6.92 Å². The van der Waals surface area contributed by atoms with Crippen molar-refractivity contribution in [2.75, 3.05) is 6.61 Å². The van der Waals surface area contributed by atoms with E-state index in [1.54, 1.807) is 6.92 Å². The first-order chi connectivity index (χ1) is 4.66. The van der Waals surface area contributed by atoms with Gasteiger partial charge in [-0.05, 0) is 0 Å². The summed E-state index contributed by atoms with van der Waals surface area (Å²) in [5.41, 5.74) is 0. The predicted octanol–water partition coefficient (Wildman–Crippen LogP) is -1.11. The molecule has 0 aromatic carbocycles. The molecule has 0 radical (unpaired) electrons. The number of nitrogens with one attached hydrogen (secondary N) is 1. The Morgan fingerprint density at radius 1 is 1.50 bits per heavy atom. The van der Waals surface area contributed by atoms with Crippen LogP contribution in [0.2, 0.25) is 0 Å². The van der Waals surface area contributed by atoms with Crippen LogP contribution in [0.15, 0.2) is 0 Å². The molecule has 2 atom stereocenters. The fourth-order valence-corrected chi connectivity index (χ4v) is 0.979. The number of aliphatic hydroxyl groups excluding tert-OH is 1. The van der Waals surface area contributed by atoms with Gasteiger partial charge in [0.1, 0.15) is 0 Å². The number of rotatable bonds is 1. The molecule has 1 aliphatic rings. The maximum Gasteiger partial charge on any atom is 0.232 e. The average molecular weight is 143 g/mol. The minimum Gasteiger partial charge on any atom is -0.396 e. The van der Waals surface area contributed by atoms with E-state index in [0.29, 0.717) is 0 Å². The molecule has 1 heterocycles. The van der Waals surface area contributed by atoms with Gasteiger partial charge in [0.2, 0.25) is 11.8 Å². The summed E-state index contributed by atoms with van der Waals surface area (Å²) < 4.78 is 0. The SMILES string of the molecule is CC1C(=O)NC(=O)C1CO. The number of carbonyl (C=O) groups is 2. The van der Waals surface area contributed by atoms with Crippen LogP contribution in [0.3, 0.4) is 0 Å². The third-order valence-corrected chi connectivity index (χ3v) is 1.80. The summed E-state index contributed by atoms with van der Waals surface area (Å²) >= 11 is 0. The Morgan fingerprint density at radius 2 is 2.10 bits per heavy atom. The van der Waals surface area contributed by atoms with Gasteiger partial charge in [0.25, 0.3) is 0 Å². The van der Waals surface area contributed by atoms with Crippen LogP contribution in [0, 0.1) is 11.8 Å². The number of aliphatic hydroxyl groups is 1. The van der Waals surface area contributed by atoms with Gasteiger partial charge in [-0.3, -0.25) is 14.9 Å². The zero-order valence-electron chi connectivity index (χ0n) is 5.63. The average Bonchev–Trinajstić information content (AvgIpc) is 2.09. The summed E-state index contributed by atoms with van der Waals surface area (Å²) in [6.07, 6.45) is 0. The summed E-state index contributed by atoms with van der Waals surface area (Å²) in [5, 5.41) is 10.7. The van der Waals surface area contributed by atoms with Gasteiger partial charge in [-0.25, -0.2) is 0 Å². The molecule has 0 spiro atoms.